The second-order valence-electron chi connectivity index (χ2n) is 6.68. The molecule has 1 atom stereocenters. The van der Waals surface area contributed by atoms with E-state index in [9.17, 15) is 17.6 Å². The first-order valence-corrected chi connectivity index (χ1v) is 10.3. The van der Waals surface area contributed by atoms with Crippen LogP contribution in [-0.4, -0.2) is 63.0 Å². The maximum absolute atomic E-state index is 13.2. The van der Waals surface area contributed by atoms with Crippen molar-refractivity contribution in [3.63, 3.8) is 0 Å². The van der Waals surface area contributed by atoms with Crippen LogP contribution in [0.2, 0.25) is 0 Å². The number of hydrogen-bond donors (Lipinski definition) is 1. The minimum atomic E-state index is -3.55. The molecule has 0 aromatic heterocycles. The molecule has 0 bridgehead atoms. The topological polar surface area (TPSA) is 75.7 Å². The van der Waals surface area contributed by atoms with Crippen LogP contribution in [0, 0.1) is 5.82 Å². The second kappa shape index (κ2) is 7.01. The molecule has 0 aliphatic carbocycles. The second-order valence-corrected chi connectivity index (χ2v) is 9.00. The van der Waals surface area contributed by atoms with Crippen molar-refractivity contribution in [1.29, 1.82) is 0 Å². The fourth-order valence-electron chi connectivity index (χ4n) is 3.57. The lowest BCUT2D eigenvalue weighted by molar-refractivity contribution is -0.142. The Morgan fingerprint density at radius 2 is 1.92 bits per heavy atom. The molecule has 0 spiro atoms. The molecule has 0 saturated carbocycles. The number of halogens is 1. The zero-order valence-corrected chi connectivity index (χ0v) is 15.0. The SMILES string of the molecule is CS(=O)(=O)C1(C(=O)N2CCOC(c3ccc(F)cc3)C2)CCNCC1. The fourth-order valence-corrected chi connectivity index (χ4v) is 4.97. The third kappa shape index (κ3) is 3.56. The van der Waals surface area contributed by atoms with E-state index in [1.807, 2.05) is 0 Å². The monoisotopic (exact) mass is 370 g/mol. The van der Waals surface area contributed by atoms with Gasteiger partial charge in [0.15, 0.2) is 14.6 Å². The largest absolute Gasteiger partial charge is 0.370 e. The lowest BCUT2D eigenvalue weighted by Crippen LogP contribution is -2.60. The van der Waals surface area contributed by atoms with Gasteiger partial charge in [0, 0.05) is 12.8 Å². The average molecular weight is 370 g/mol. The van der Waals surface area contributed by atoms with Gasteiger partial charge in [-0.1, -0.05) is 12.1 Å². The van der Waals surface area contributed by atoms with Crippen molar-refractivity contribution in [1.82, 2.24) is 10.2 Å². The molecule has 138 valence electrons. The standard InChI is InChI=1S/C17H23FN2O4S/c1-25(22,23)17(6-8-19-9-7-17)16(21)20-10-11-24-15(12-20)13-2-4-14(18)5-3-13/h2-5,15,19H,6-12H2,1H3. The van der Waals surface area contributed by atoms with Gasteiger partial charge in [-0.3, -0.25) is 4.79 Å². The summed E-state index contributed by atoms with van der Waals surface area (Å²) in [6, 6.07) is 5.96. The van der Waals surface area contributed by atoms with E-state index in [-0.39, 0.29) is 37.2 Å². The van der Waals surface area contributed by atoms with Crippen molar-refractivity contribution in [2.24, 2.45) is 0 Å². The van der Waals surface area contributed by atoms with Crippen LogP contribution in [0.4, 0.5) is 4.39 Å². The molecule has 6 nitrogen and oxygen atoms in total. The van der Waals surface area contributed by atoms with Crippen molar-refractivity contribution in [3.8, 4) is 0 Å². The summed E-state index contributed by atoms with van der Waals surface area (Å²) in [5, 5.41) is 3.11. The lowest BCUT2D eigenvalue weighted by Gasteiger charge is -2.41. The number of piperidine rings is 1. The molecule has 1 amide bonds. The Morgan fingerprint density at radius 3 is 2.52 bits per heavy atom. The van der Waals surface area contributed by atoms with E-state index < -0.39 is 14.6 Å². The zero-order chi connectivity index (χ0) is 18.1. The summed E-state index contributed by atoms with van der Waals surface area (Å²) in [4.78, 5) is 14.7. The van der Waals surface area contributed by atoms with Gasteiger partial charge in [-0.05, 0) is 43.6 Å². The maximum Gasteiger partial charge on any atom is 0.244 e. The lowest BCUT2D eigenvalue weighted by atomic mass is 9.94. The minimum Gasteiger partial charge on any atom is -0.370 e. The smallest absolute Gasteiger partial charge is 0.244 e. The van der Waals surface area contributed by atoms with Gasteiger partial charge in [-0.15, -0.1) is 0 Å². The summed E-state index contributed by atoms with van der Waals surface area (Å²) in [5.41, 5.74) is 0.776. The summed E-state index contributed by atoms with van der Waals surface area (Å²) in [6.07, 6.45) is 1.33. The van der Waals surface area contributed by atoms with E-state index in [4.69, 9.17) is 4.74 Å². The number of sulfone groups is 1. The highest BCUT2D eigenvalue weighted by Gasteiger charge is 2.51. The van der Waals surface area contributed by atoms with Crippen molar-refractivity contribution >= 4 is 15.7 Å². The Bertz CT molecular complexity index is 730. The molecule has 2 saturated heterocycles. The minimum absolute atomic E-state index is 0.273. The Morgan fingerprint density at radius 1 is 1.28 bits per heavy atom. The summed E-state index contributed by atoms with van der Waals surface area (Å²) in [6.45, 7) is 1.97. The van der Waals surface area contributed by atoms with Gasteiger partial charge in [-0.25, -0.2) is 12.8 Å². The van der Waals surface area contributed by atoms with Gasteiger partial charge in [0.05, 0.1) is 13.2 Å². The first-order chi connectivity index (χ1) is 11.8. The number of benzene rings is 1. The van der Waals surface area contributed by atoms with E-state index in [1.54, 1.807) is 17.0 Å². The van der Waals surface area contributed by atoms with Crippen molar-refractivity contribution in [2.75, 3.05) is 39.0 Å². The summed E-state index contributed by atoms with van der Waals surface area (Å²) in [5.74, 6) is -0.676. The summed E-state index contributed by atoms with van der Waals surface area (Å²) >= 11 is 0. The van der Waals surface area contributed by atoms with Crippen LogP contribution in [0.15, 0.2) is 24.3 Å². The third-order valence-electron chi connectivity index (χ3n) is 5.11. The van der Waals surface area contributed by atoms with Gasteiger partial charge < -0.3 is 15.0 Å². The van der Waals surface area contributed by atoms with Gasteiger partial charge >= 0.3 is 0 Å². The molecule has 2 aliphatic rings. The van der Waals surface area contributed by atoms with Crippen molar-refractivity contribution in [2.45, 2.75) is 23.7 Å². The first-order valence-electron chi connectivity index (χ1n) is 8.40. The highest BCUT2D eigenvalue weighted by Crippen LogP contribution is 2.32. The Hall–Kier alpha value is -1.51. The van der Waals surface area contributed by atoms with Gasteiger partial charge in [0.2, 0.25) is 5.91 Å². The number of ether oxygens (including phenoxy) is 1. The Kier molecular flexibility index (Phi) is 5.13. The summed E-state index contributed by atoms with van der Waals surface area (Å²) in [7, 11) is -3.55. The number of morpholine rings is 1. The van der Waals surface area contributed by atoms with Crippen LogP contribution in [-0.2, 0) is 19.4 Å². The van der Waals surface area contributed by atoms with Crippen LogP contribution in [0.5, 0.6) is 0 Å². The molecule has 8 heteroatoms. The molecule has 1 aromatic carbocycles. The van der Waals surface area contributed by atoms with E-state index in [1.165, 1.54) is 12.1 Å². The van der Waals surface area contributed by atoms with E-state index in [2.05, 4.69) is 5.32 Å². The number of hydrogen-bond acceptors (Lipinski definition) is 5. The average Bonchev–Trinajstić information content (AvgIpc) is 2.61. The molecule has 1 aromatic rings. The molecule has 2 fully saturated rings. The molecule has 1 unspecified atom stereocenters. The fraction of sp³-hybridized carbons (Fsp3) is 0.588. The Labute approximate surface area is 147 Å². The van der Waals surface area contributed by atoms with Crippen LogP contribution in [0.25, 0.3) is 0 Å². The predicted molar refractivity (Wildman–Crippen MR) is 91.4 cm³/mol. The molecular formula is C17H23FN2O4S. The molecule has 2 aliphatic heterocycles. The zero-order valence-electron chi connectivity index (χ0n) is 14.2. The van der Waals surface area contributed by atoms with Gasteiger partial charge in [0.1, 0.15) is 11.9 Å². The first kappa shape index (κ1) is 18.3. The molecule has 1 N–H and O–H groups in total. The molecule has 0 radical (unpaired) electrons. The maximum atomic E-state index is 13.2. The molecule has 25 heavy (non-hydrogen) atoms. The van der Waals surface area contributed by atoms with Crippen LogP contribution >= 0.6 is 0 Å². The highest BCUT2D eigenvalue weighted by atomic mass is 32.2. The van der Waals surface area contributed by atoms with Crippen LogP contribution in [0.3, 0.4) is 0 Å². The summed E-state index contributed by atoms with van der Waals surface area (Å²) < 4.78 is 42.3. The van der Waals surface area contributed by atoms with Gasteiger partial charge in [-0.2, -0.15) is 0 Å². The Balaban J connectivity index is 1.82. The molecular weight excluding hydrogens is 347 g/mol. The quantitative estimate of drug-likeness (QED) is 0.855. The molecule has 3 rings (SSSR count). The predicted octanol–water partition coefficient (Wildman–Crippen LogP) is 0.892. The van der Waals surface area contributed by atoms with E-state index in [0.29, 0.717) is 26.2 Å². The number of nitrogens with zero attached hydrogens (tertiary/aromatic N) is 1. The van der Waals surface area contributed by atoms with Crippen molar-refractivity contribution in [3.05, 3.63) is 35.6 Å². The van der Waals surface area contributed by atoms with Gasteiger partial charge in [0.25, 0.3) is 0 Å². The van der Waals surface area contributed by atoms with E-state index in [0.717, 1.165) is 11.8 Å². The number of rotatable bonds is 3. The van der Waals surface area contributed by atoms with Crippen LogP contribution < -0.4 is 5.32 Å². The number of carbonyl (C=O) groups is 1. The van der Waals surface area contributed by atoms with Crippen LogP contribution in [0.1, 0.15) is 24.5 Å². The van der Waals surface area contributed by atoms with Crippen molar-refractivity contribution < 1.29 is 22.3 Å². The van der Waals surface area contributed by atoms with E-state index >= 15 is 0 Å². The number of amides is 1. The molecule has 2 heterocycles. The third-order valence-corrected chi connectivity index (χ3v) is 7.11. The highest BCUT2D eigenvalue weighted by molar-refractivity contribution is 7.92. The number of nitrogens with one attached hydrogen (secondary N) is 1. The normalized spacial score (nSPS) is 24.1. The number of carbonyl (C=O) groups excluding carboxylic acids is 1.